The van der Waals surface area contributed by atoms with Crippen LogP contribution in [0.3, 0.4) is 0 Å². The van der Waals surface area contributed by atoms with Crippen LogP contribution < -0.4 is 5.32 Å². The van der Waals surface area contributed by atoms with Gasteiger partial charge in [0.25, 0.3) is 0 Å². The van der Waals surface area contributed by atoms with E-state index in [1.165, 1.54) is 11.1 Å². The van der Waals surface area contributed by atoms with Gasteiger partial charge in [0.15, 0.2) is 0 Å². The summed E-state index contributed by atoms with van der Waals surface area (Å²) in [6.45, 7) is 4.19. The summed E-state index contributed by atoms with van der Waals surface area (Å²) in [5.41, 5.74) is 4.59. The van der Waals surface area contributed by atoms with Gasteiger partial charge in [-0.25, -0.2) is 0 Å². The molecule has 0 saturated heterocycles. The molecule has 0 aliphatic heterocycles. The zero-order valence-corrected chi connectivity index (χ0v) is 9.49. The van der Waals surface area contributed by atoms with Crippen molar-refractivity contribution in [3.63, 3.8) is 0 Å². The minimum atomic E-state index is 0.284. The highest BCUT2D eigenvalue weighted by molar-refractivity contribution is 5.64. The maximum atomic E-state index is 9.19. The lowest BCUT2D eigenvalue weighted by molar-refractivity contribution is 0.475. The summed E-state index contributed by atoms with van der Waals surface area (Å²) in [6, 6.07) is 13.2. The number of rotatable bonds is 2. The first kappa shape index (κ1) is 10.6. The minimum absolute atomic E-state index is 0.284. The maximum absolute atomic E-state index is 9.19. The lowest BCUT2D eigenvalue weighted by Crippen LogP contribution is -1.94. The molecule has 0 aromatic heterocycles. The number of phenols is 1. The summed E-state index contributed by atoms with van der Waals surface area (Å²) < 4.78 is 0. The summed E-state index contributed by atoms with van der Waals surface area (Å²) in [7, 11) is 0. The van der Waals surface area contributed by atoms with Crippen LogP contribution in [0.25, 0.3) is 0 Å². The fraction of sp³-hybridized carbons (Fsp3) is 0.143. The molecule has 0 atom stereocenters. The second-order valence-electron chi connectivity index (χ2n) is 3.92. The van der Waals surface area contributed by atoms with Crippen molar-refractivity contribution in [3.05, 3.63) is 53.6 Å². The molecule has 16 heavy (non-hydrogen) atoms. The lowest BCUT2D eigenvalue weighted by Gasteiger charge is -2.11. The van der Waals surface area contributed by atoms with E-state index in [-0.39, 0.29) is 5.75 Å². The lowest BCUT2D eigenvalue weighted by atomic mass is 10.1. The van der Waals surface area contributed by atoms with E-state index in [9.17, 15) is 5.11 Å². The number of hydrogen-bond acceptors (Lipinski definition) is 2. The number of hydrogen-bond donors (Lipinski definition) is 2. The minimum Gasteiger partial charge on any atom is -0.508 e. The molecule has 0 spiro atoms. The van der Waals surface area contributed by atoms with Gasteiger partial charge in [0.2, 0.25) is 0 Å². The van der Waals surface area contributed by atoms with E-state index in [1.807, 2.05) is 18.2 Å². The SMILES string of the molecule is Cc1cccc(Nc2ccc(O)cc2)c1C. The summed E-state index contributed by atoms with van der Waals surface area (Å²) in [5.74, 6) is 0.284. The van der Waals surface area contributed by atoms with Gasteiger partial charge in [0.05, 0.1) is 0 Å². The molecule has 2 nitrogen and oxygen atoms in total. The van der Waals surface area contributed by atoms with Crippen molar-refractivity contribution in [2.75, 3.05) is 5.32 Å². The zero-order chi connectivity index (χ0) is 11.5. The second kappa shape index (κ2) is 4.27. The van der Waals surface area contributed by atoms with Crippen LogP contribution in [0.5, 0.6) is 5.75 Å². The third-order valence-electron chi connectivity index (χ3n) is 2.75. The number of anilines is 2. The van der Waals surface area contributed by atoms with Crippen LogP contribution in [0.2, 0.25) is 0 Å². The molecule has 0 radical (unpaired) electrons. The molecule has 2 aromatic rings. The van der Waals surface area contributed by atoms with E-state index in [2.05, 4.69) is 31.3 Å². The van der Waals surface area contributed by atoms with Crippen molar-refractivity contribution in [3.8, 4) is 5.75 Å². The van der Waals surface area contributed by atoms with Crippen molar-refractivity contribution in [2.24, 2.45) is 0 Å². The topological polar surface area (TPSA) is 32.3 Å². The summed E-state index contributed by atoms with van der Waals surface area (Å²) in [6.07, 6.45) is 0. The van der Waals surface area contributed by atoms with Crippen LogP contribution in [-0.4, -0.2) is 5.11 Å². The van der Waals surface area contributed by atoms with Gasteiger partial charge in [-0.1, -0.05) is 12.1 Å². The van der Waals surface area contributed by atoms with Gasteiger partial charge in [-0.3, -0.25) is 0 Å². The van der Waals surface area contributed by atoms with Gasteiger partial charge < -0.3 is 10.4 Å². The molecular weight excluding hydrogens is 198 g/mol. The summed E-state index contributed by atoms with van der Waals surface area (Å²) in [5, 5.41) is 12.5. The Morgan fingerprint density at radius 1 is 0.938 bits per heavy atom. The van der Waals surface area contributed by atoms with Gasteiger partial charge in [-0.15, -0.1) is 0 Å². The zero-order valence-electron chi connectivity index (χ0n) is 9.49. The van der Waals surface area contributed by atoms with Crippen LogP contribution in [0.1, 0.15) is 11.1 Å². The van der Waals surface area contributed by atoms with Crippen LogP contribution in [0, 0.1) is 13.8 Å². The van der Waals surface area contributed by atoms with Gasteiger partial charge in [-0.2, -0.15) is 0 Å². The molecule has 2 rings (SSSR count). The molecule has 0 unspecified atom stereocenters. The molecule has 0 aliphatic carbocycles. The molecule has 0 fully saturated rings. The third kappa shape index (κ3) is 2.16. The standard InChI is InChI=1S/C14H15NO/c1-10-4-3-5-14(11(10)2)15-12-6-8-13(16)9-7-12/h3-9,15-16H,1-2H3. The molecular formula is C14H15NO. The first-order chi connectivity index (χ1) is 7.66. The normalized spacial score (nSPS) is 10.1. The second-order valence-corrected chi connectivity index (χ2v) is 3.92. The first-order valence-electron chi connectivity index (χ1n) is 5.29. The number of aromatic hydroxyl groups is 1. The van der Waals surface area contributed by atoms with Gasteiger partial charge in [-0.05, 0) is 55.3 Å². The smallest absolute Gasteiger partial charge is 0.115 e. The molecule has 0 aliphatic rings. The van der Waals surface area contributed by atoms with Crippen LogP contribution in [0.15, 0.2) is 42.5 Å². The van der Waals surface area contributed by atoms with E-state index >= 15 is 0 Å². The Bertz CT molecular complexity index is 489. The Morgan fingerprint density at radius 3 is 2.31 bits per heavy atom. The highest BCUT2D eigenvalue weighted by Gasteiger charge is 2.00. The maximum Gasteiger partial charge on any atom is 0.115 e. The highest BCUT2D eigenvalue weighted by Crippen LogP contribution is 2.23. The van der Waals surface area contributed by atoms with Crippen molar-refractivity contribution in [1.29, 1.82) is 0 Å². The van der Waals surface area contributed by atoms with Crippen molar-refractivity contribution in [2.45, 2.75) is 13.8 Å². The number of nitrogens with one attached hydrogen (secondary N) is 1. The van der Waals surface area contributed by atoms with Crippen molar-refractivity contribution >= 4 is 11.4 Å². The Balaban J connectivity index is 2.27. The predicted octanol–water partition coefficient (Wildman–Crippen LogP) is 3.75. The fourth-order valence-corrected chi connectivity index (χ4v) is 1.59. The summed E-state index contributed by atoms with van der Waals surface area (Å²) >= 11 is 0. The fourth-order valence-electron chi connectivity index (χ4n) is 1.59. The molecule has 82 valence electrons. The van der Waals surface area contributed by atoms with Gasteiger partial charge >= 0.3 is 0 Å². The number of aryl methyl sites for hydroxylation is 1. The molecule has 0 heterocycles. The Hall–Kier alpha value is -1.96. The van der Waals surface area contributed by atoms with E-state index in [4.69, 9.17) is 0 Å². The average molecular weight is 213 g/mol. The third-order valence-corrected chi connectivity index (χ3v) is 2.75. The molecule has 2 N–H and O–H groups in total. The molecule has 0 saturated carbocycles. The van der Waals surface area contributed by atoms with E-state index in [0.717, 1.165) is 11.4 Å². The van der Waals surface area contributed by atoms with Crippen LogP contribution in [-0.2, 0) is 0 Å². The van der Waals surface area contributed by atoms with E-state index in [0.29, 0.717) is 0 Å². The average Bonchev–Trinajstić information content (AvgIpc) is 2.28. The predicted molar refractivity (Wildman–Crippen MR) is 67.3 cm³/mol. The molecule has 0 bridgehead atoms. The van der Waals surface area contributed by atoms with Gasteiger partial charge in [0, 0.05) is 11.4 Å². The highest BCUT2D eigenvalue weighted by atomic mass is 16.3. The van der Waals surface area contributed by atoms with Crippen molar-refractivity contribution in [1.82, 2.24) is 0 Å². The van der Waals surface area contributed by atoms with Crippen LogP contribution in [0.4, 0.5) is 11.4 Å². The van der Waals surface area contributed by atoms with E-state index in [1.54, 1.807) is 12.1 Å². The largest absolute Gasteiger partial charge is 0.508 e. The Morgan fingerprint density at radius 2 is 1.62 bits per heavy atom. The number of phenolic OH excluding ortho intramolecular Hbond substituents is 1. The molecule has 0 amide bonds. The van der Waals surface area contributed by atoms with Crippen LogP contribution >= 0.6 is 0 Å². The number of benzene rings is 2. The first-order valence-corrected chi connectivity index (χ1v) is 5.29. The summed E-state index contributed by atoms with van der Waals surface area (Å²) in [4.78, 5) is 0. The molecule has 2 heteroatoms. The van der Waals surface area contributed by atoms with Crippen molar-refractivity contribution < 1.29 is 5.11 Å². The quantitative estimate of drug-likeness (QED) is 0.744. The van der Waals surface area contributed by atoms with E-state index < -0.39 is 0 Å². The Kier molecular flexibility index (Phi) is 2.82. The molecule has 2 aromatic carbocycles. The van der Waals surface area contributed by atoms with Gasteiger partial charge in [0.1, 0.15) is 5.75 Å². The monoisotopic (exact) mass is 213 g/mol. The Labute approximate surface area is 95.6 Å².